The molecule has 260 valence electrons. The highest BCUT2D eigenvalue weighted by Crippen LogP contribution is 2.15. The average Bonchev–Trinajstić information content (AvgIpc) is 3.09. The van der Waals surface area contributed by atoms with Crippen LogP contribution >= 0.6 is 0 Å². The van der Waals surface area contributed by atoms with Crippen LogP contribution in [0.2, 0.25) is 0 Å². The summed E-state index contributed by atoms with van der Waals surface area (Å²) >= 11 is 0. The number of alkyl carbamates (subject to hydrolysis) is 2. The lowest BCUT2D eigenvalue weighted by Gasteiger charge is -2.24. The number of carbonyl (C=O) groups excluding carboxylic acids is 5. The third-order valence-electron chi connectivity index (χ3n) is 7.47. The van der Waals surface area contributed by atoms with Crippen molar-refractivity contribution in [1.82, 2.24) is 21.3 Å². The maximum atomic E-state index is 13.3. The fourth-order valence-electron chi connectivity index (χ4n) is 4.78. The fourth-order valence-corrected chi connectivity index (χ4v) is 4.78. The smallest absolute Gasteiger partial charge is 0.408 e. The number of benzene rings is 2. The Balaban J connectivity index is 1.58. The van der Waals surface area contributed by atoms with Crippen LogP contribution in [0.15, 0.2) is 72.8 Å². The zero-order chi connectivity index (χ0) is 34.6. The number of aliphatic hydroxyl groups is 1. The van der Waals surface area contributed by atoms with Crippen molar-refractivity contribution in [2.24, 2.45) is 5.92 Å². The third kappa shape index (κ3) is 14.7. The van der Waals surface area contributed by atoms with Crippen LogP contribution < -0.4 is 21.3 Å². The number of allylic oxidation sites excluding steroid dienone is 1. The molecule has 13 heteroatoms. The first-order valence-corrected chi connectivity index (χ1v) is 16.2. The molecule has 0 fully saturated rings. The predicted molar refractivity (Wildman–Crippen MR) is 176 cm³/mol. The second-order valence-corrected chi connectivity index (χ2v) is 11.6. The Labute approximate surface area is 280 Å². The highest BCUT2D eigenvalue weighted by molar-refractivity contribution is 5.86. The van der Waals surface area contributed by atoms with Gasteiger partial charge < -0.3 is 40.6 Å². The van der Waals surface area contributed by atoms with Gasteiger partial charge in [0.2, 0.25) is 11.8 Å². The molecule has 48 heavy (non-hydrogen) atoms. The lowest BCUT2D eigenvalue weighted by atomic mass is 9.97. The number of cyclic esters (lactones) is 1. The van der Waals surface area contributed by atoms with Crippen molar-refractivity contribution in [2.45, 2.75) is 76.8 Å². The second-order valence-electron chi connectivity index (χ2n) is 11.6. The summed E-state index contributed by atoms with van der Waals surface area (Å²) in [5.41, 5.74) is 1.66. The largest absolute Gasteiger partial charge is 0.462 e. The molecule has 4 amide bonds. The summed E-state index contributed by atoms with van der Waals surface area (Å²) < 4.78 is 16.1. The van der Waals surface area contributed by atoms with Gasteiger partial charge in [-0.3, -0.25) is 9.59 Å². The third-order valence-corrected chi connectivity index (χ3v) is 7.47. The van der Waals surface area contributed by atoms with Gasteiger partial charge in [-0.05, 0) is 50.2 Å². The summed E-state index contributed by atoms with van der Waals surface area (Å²) in [7, 11) is 0. The summed E-state index contributed by atoms with van der Waals surface area (Å²) in [6.45, 7) is 1.76. The van der Waals surface area contributed by atoms with Crippen molar-refractivity contribution < 1.29 is 43.3 Å². The summed E-state index contributed by atoms with van der Waals surface area (Å²) in [6, 6.07) is 16.3. The second kappa shape index (κ2) is 21.1. The van der Waals surface area contributed by atoms with E-state index in [1.54, 1.807) is 19.1 Å². The minimum absolute atomic E-state index is 0.0244. The van der Waals surface area contributed by atoms with Crippen LogP contribution in [0, 0.1) is 5.92 Å². The molecule has 2 aromatic carbocycles. The van der Waals surface area contributed by atoms with E-state index in [0.29, 0.717) is 25.8 Å². The van der Waals surface area contributed by atoms with Gasteiger partial charge in [-0.1, -0.05) is 72.8 Å². The highest BCUT2D eigenvalue weighted by atomic mass is 16.6. The average molecular weight is 667 g/mol. The van der Waals surface area contributed by atoms with Gasteiger partial charge in [-0.2, -0.15) is 0 Å². The van der Waals surface area contributed by atoms with Gasteiger partial charge in [-0.25, -0.2) is 14.4 Å². The van der Waals surface area contributed by atoms with E-state index in [4.69, 9.17) is 14.2 Å². The van der Waals surface area contributed by atoms with Crippen LogP contribution in [-0.2, 0) is 41.8 Å². The Morgan fingerprint density at radius 3 is 2.19 bits per heavy atom. The SMILES string of the molecule is CC(CO)NC(=O)CC1CC=CCC(NC(=O)OCc2ccccc2)C(=O)OCC(CCCCNC(=O)OCc2ccccc2)NC1=O. The minimum Gasteiger partial charge on any atom is -0.462 e. The molecule has 0 aromatic heterocycles. The van der Waals surface area contributed by atoms with E-state index in [-0.39, 0.29) is 57.5 Å². The number of carbonyl (C=O) groups is 5. The Morgan fingerprint density at radius 2 is 1.54 bits per heavy atom. The minimum atomic E-state index is -1.04. The van der Waals surface area contributed by atoms with Gasteiger partial charge in [0.1, 0.15) is 25.9 Å². The van der Waals surface area contributed by atoms with Crippen LogP contribution in [0.25, 0.3) is 0 Å². The molecule has 0 spiro atoms. The highest BCUT2D eigenvalue weighted by Gasteiger charge is 2.28. The van der Waals surface area contributed by atoms with Crippen molar-refractivity contribution >= 4 is 30.0 Å². The van der Waals surface area contributed by atoms with Crippen LogP contribution in [0.1, 0.15) is 56.6 Å². The lowest BCUT2D eigenvalue weighted by molar-refractivity contribution is -0.147. The molecule has 13 nitrogen and oxygen atoms in total. The summed E-state index contributed by atoms with van der Waals surface area (Å²) in [4.78, 5) is 63.6. The maximum absolute atomic E-state index is 13.3. The van der Waals surface area contributed by atoms with Gasteiger partial charge in [0.05, 0.1) is 18.6 Å². The Morgan fingerprint density at radius 1 is 0.917 bits per heavy atom. The molecule has 4 unspecified atom stereocenters. The van der Waals surface area contributed by atoms with Crippen molar-refractivity contribution in [3.05, 3.63) is 83.9 Å². The molecule has 0 saturated carbocycles. The van der Waals surface area contributed by atoms with Crippen molar-refractivity contribution in [1.29, 1.82) is 0 Å². The Bertz CT molecular complexity index is 1340. The summed E-state index contributed by atoms with van der Waals surface area (Å²) in [6.07, 6.45) is 3.71. The van der Waals surface area contributed by atoms with Gasteiger partial charge in [0.25, 0.3) is 0 Å². The van der Waals surface area contributed by atoms with Crippen molar-refractivity contribution in [3.63, 3.8) is 0 Å². The number of hydrogen-bond acceptors (Lipinski definition) is 9. The molecule has 1 aliphatic heterocycles. The molecule has 2 aromatic rings. The number of rotatable bonds is 14. The van der Waals surface area contributed by atoms with Gasteiger partial charge in [0.15, 0.2) is 0 Å². The monoisotopic (exact) mass is 666 g/mol. The van der Waals surface area contributed by atoms with E-state index < -0.39 is 42.2 Å². The molecule has 1 heterocycles. The standard InChI is InChI=1S/C35H46N4O9/c1-25(21-40)37-31(41)20-28-16-8-9-18-30(39-35(45)48-23-27-14-6-3-7-15-27)33(43)46-24-29(38-32(28)42)17-10-11-19-36-34(44)47-22-26-12-4-2-5-13-26/h2-9,12-15,25,28-30,40H,10-11,16-24H2,1H3,(H,36,44)(H,37,41)(H,38,42)(H,39,45). The van der Waals surface area contributed by atoms with E-state index in [1.165, 1.54) is 0 Å². The van der Waals surface area contributed by atoms with E-state index in [1.807, 2.05) is 60.7 Å². The lowest BCUT2D eigenvalue weighted by Crippen LogP contribution is -2.46. The number of unbranched alkanes of at least 4 members (excludes halogenated alkanes) is 1. The molecular weight excluding hydrogens is 620 g/mol. The zero-order valence-electron chi connectivity index (χ0n) is 27.2. The van der Waals surface area contributed by atoms with E-state index >= 15 is 0 Å². The van der Waals surface area contributed by atoms with Gasteiger partial charge in [0, 0.05) is 19.0 Å². The molecule has 4 atom stereocenters. The van der Waals surface area contributed by atoms with E-state index in [2.05, 4.69) is 21.3 Å². The maximum Gasteiger partial charge on any atom is 0.408 e. The van der Waals surface area contributed by atoms with Crippen LogP contribution in [-0.4, -0.2) is 73.0 Å². The van der Waals surface area contributed by atoms with Crippen molar-refractivity contribution in [3.8, 4) is 0 Å². The van der Waals surface area contributed by atoms with Crippen molar-refractivity contribution in [2.75, 3.05) is 19.8 Å². The molecule has 1 aliphatic rings. The molecule has 0 aliphatic carbocycles. The van der Waals surface area contributed by atoms with Gasteiger partial charge in [-0.15, -0.1) is 0 Å². The molecule has 5 N–H and O–H groups in total. The normalized spacial score (nSPS) is 18.9. The fraction of sp³-hybridized carbons (Fsp3) is 0.457. The van der Waals surface area contributed by atoms with Crippen LogP contribution in [0.3, 0.4) is 0 Å². The Kier molecular flexibility index (Phi) is 16.5. The van der Waals surface area contributed by atoms with Crippen LogP contribution in [0.5, 0.6) is 0 Å². The zero-order valence-corrected chi connectivity index (χ0v) is 27.2. The topological polar surface area (TPSA) is 181 Å². The molecule has 3 rings (SSSR count). The summed E-state index contributed by atoms with van der Waals surface area (Å²) in [5.74, 6) is -2.18. The number of aliphatic hydroxyl groups excluding tert-OH is 1. The van der Waals surface area contributed by atoms with E-state index in [0.717, 1.165) is 11.1 Å². The molecule has 0 saturated heterocycles. The first-order valence-electron chi connectivity index (χ1n) is 16.2. The predicted octanol–water partition coefficient (Wildman–Crippen LogP) is 3.26. The first kappa shape index (κ1) is 37.5. The number of hydrogen-bond donors (Lipinski definition) is 5. The quantitative estimate of drug-likeness (QED) is 0.0875. The molecule has 0 radical (unpaired) electrons. The number of esters is 1. The number of nitrogens with one attached hydrogen (secondary N) is 4. The number of ether oxygens (including phenoxy) is 3. The summed E-state index contributed by atoms with van der Waals surface area (Å²) in [5, 5.41) is 20.1. The van der Waals surface area contributed by atoms with Gasteiger partial charge >= 0.3 is 18.2 Å². The molecular formula is C35H46N4O9. The van der Waals surface area contributed by atoms with Crippen LogP contribution in [0.4, 0.5) is 9.59 Å². The molecule has 0 bridgehead atoms. The first-order chi connectivity index (χ1) is 23.2. The Hall–Kier alpha value is -4.91. The number of amides is 4. The van der Waals surface area contributed by atoms with E-state index in [9.17, 15) is 29.1 Å².